The van der Waals surface area contributed by atoms with E-state index in [1.54, 1.807) is 17.5 Å². The third-order valence-corrected chi connectivity index (χ3v) is 5.47. The van der Waals surface area contributed by atoms with E-state index in [0.29, 0.717) is 17.1 Å². The summed E-state index contributed by atoms with van der Waals surface area (Å²) in [7, 11) is -3.55. The number of thiophene rings is 1. The third kappa shape index (κ3) is 3.84. The zero-order valence-electron chi connectivity index (χ0n) is 12.4. The summed E-state index contributed by atoms with van der Waals surface area (Å²) in [5.41, 5.74) is 3.47. The predicted octanol–water partition coefficient (Wildman–Crippen LogP) is 3.28. The van der Waals surface area contributed by atoms with Gasteiger partial charge in [0.05, 0.1) is 10.6 Å². The van der Waals surface area contributed by atoms with Gasteiger partial charge in [-0.2, -0.15) is 11.3 Å². The molecule has 2 rings (SSSR count). The van der Waals surface area contributed by atoms with Gasteiger partial charge in [-0.25, -0.2) is 8.42 Å². The molecule has 0 atom stereocenters. The molecule has 0 aliphatic rings. The molecule has 2 N–H and O–H groups in total. The zero-order valence-corrected chi connectivity index (χ0v) is 14.1. The van der Waals surface area contributed by atoms with E-state index in [0.717, 1.165) is 23.2 Å². The van der Waals surface area contributed by atoms with E-state index < -0.39 is 10.0 Å². The van der Waals surface area contributed by atoms with E-state index in [1.165, 1.54) is 11.3 Å². The number of anilines is 1. The van der Waals surface area contributed by atoms with Gasteiger partial charge in [0.1, 0.15) is 0 Å². The summed E-state index contributed by atoms with van der Waals surface area (Å²) in [5.74, 6) is 0. The number of nitrogens with one attached hydrogen (secondary N) is 2. The van der Waals surface area contributed by atoms with Crippen LogP contribution in [-0.4, -0.2) is 15.0 Å². The number of hydrogen-bond acceptors (Lipinski definition) is 4. The molecule has 2 aromatic rings. The first-order valence-corrected chi connectivity index (χ1v) is 9.22. The summed E-state index contributed by atoms with van der Waals surface area (Å²) in [6.45, 7) is 7.38. The molecule has 6 heteroatoms. The zero-order chi connectivity index (χ0) is 15.5. The second-order valence-corrected chi connectivity index (χ2v) is 7.37. The Morgan fingerprint density at radius 1 is 1.19 bits per heavy atom. The van der Waals surface area contributed by atoms with Crippen molar-refractivity contribution >= 4 is 27.0 Å². The lowest BCUT2D eigenvalue weighted by Gasteiger charge is -2.14. The smallest absolute Gasteiger partial charge is 0.262 e. The first kappa shape index (κ1) is 16.0. The molecular weight excluding hydrogens is 304 g/mol. The van der Waals surface area contributed by atoms with Gasteiger partial charge >= 0.3 is 0 Å². The lowest BCUT2D eigenvalue weighted by Crippen LogP contribution is -2.17. The molecule has 1 heterocycles. The normalized spacial score (nSPS) is 11.6. The van der Waals surface area contributed by atoms with Crippen molar-refractivity contribution in [3.8, 4) is 0 Å². The number of aryl methyl sites for hydroxylation is 2. The molecule has 114 valence electrons. The molecule has 0 spiro atoms. The number of benzene rings is 1. The van der Waals surface area contributed by atoms with E-state index in [4.69, 9.17) is 0 Å². The van der Waals surface area contributed by atoms with Crippen LogP contribution in [0.3, 0.4) is 0 Å². The summed E-state index contributed by atoms with van der Waals surface area (Å²) in [6, 6.07) is 5.45. The van der Waals surface area contributed by atoms with Crippen molar-refractivity contribution in [2.24, 2.45) is 0 Å². The quantitative estimate of drug-likeness (QED) is 0.857. The average Bonchev–Trinajstić information content (AvgIpc) is 2.89. The highest BCUT2D eigenvalue weighted by atomic mass is 32.2. The summed E-state index contributed by atoms with van der Waals surface area (Å²) in [4.78, 5) is 0.340. The van der Waals surface area contributed by atoms with E-state index in [-0.39, 0.29) is 0 Å². The summed E-state index contributed by atoms with van der Waals surface area (Å²) in [5, 5.41) is 6.86. The first-order valence-electron chi connectivity index (χ1n) is 6.80. The summed E-state index contributed by atoms with van der Waals surface area (Å²) < 4.78 is 27.7. The van der Waals surface area contributed by atoms with Crippen molar-refractivity contribution < 1.29 is 8.42 Å². The maximum Gasteiger partial charge on any atom is 0.262 e. The van der Waals surface area contributed by atoms with Gasteiger partial charge in [0.25, 0.3) is 10.0 Å². The van der Waals surface area contributed by atoms with Crippen LogP contribution in [0.2, 0.25) is 0 Å². The van der Waals surface area contributed by atoms with E-state index >= 15 is 0 Å². The van der Waals surface area contributed by atoms with Crippen LogP contribution in [0.4, 0.5) is 5.69 Å². The molecule has 0 unspecified atom stereocenters. The van der Waals surface area contributed by atoms with Crippen LogP contribution >= 0.6 is 11.3 Å². The molecule has 0 radical (unpaired) electrons. The second-order valence-electron chi connectivity index (χ2n) is 4.94. The van der Waals surface area contributed by atoms with E-state index in [9.17, 15) is 8.42 Å². The molecule has 0 amide bonds. The molecule has 4 nitrogen and oxygen atoms in total. The lowest BCUT2D eigenvalue weighted by molar-refractivity contribution is 0.600. The van der Waals surface area contributed by atoms with Gasteiger partial charge in [-0.05, 0) is 54.6 Å². The Kier molecular flexibility index (Phi) is 5.03. The highest BCUT2D eigenvalue weighted by molar-refractivity contribution is 7.92. The van der Waals surface area contributed by atoms with Crippen molar-refractivity contribution in [2.75, 3.05) is 11.3 Å². The van der Waals surface area contributed by atoms with E-state index in [2.05, 4.69) is 10.0 Å². The van der Waals surface area contributed by atoms with Gasteiger partial charge < -0.3 is 5.32 Å². The Hall–Kier alpha value is -1.37. The van der Waals surface area contributed by atoms with Crippen LogP contribution in [0.15, 0.2) is 33.9 Å². The Morgan fingerprint density at radius 3 is 2.57 bits per heavy atom. The average molecular weight is 324 g/mol. The van der Waals surface area contributed by atoms with Crippen LogP contribution in [-0.2, 0) is 16.6 Å². The summed E-state index contributed by atoms with van der Waals surface area (Å²) in [6.07, 6.45) is 0. The van der Waals surface area contributed by atoms with Gasteiger partial charge in [-0.3, -0.25) is 4.72 Å². The molecule has 21 heavy (non-hydrogen) atoms. The SMILES string of the molecule is CCNCc1cc(S(=O)(=O)Nc2ccsc2)c(C)cc1C. The molecular formula is C15H20N2O2S2. The minimum atomic E-state index is -3.55. The molecule has 0 aliphatic heterocycles. The first-order chi connectivity index (χ1) is 9.94. The second kappa shape index (κ2) is 6.60. The van der Waals surface area contributed by atoms with Crippen molar-refractivity contribution in [3.63, 3.8) is 0 Å². The van der Waals surface area contributed by atoms with Gasteiger partial charge in [-0.1, -0.05) is 13.0 Å². The van der Waals surface area contributed by atoms with Crippen LogP contribution in [0.25, 0.3) is 0 Å². The molecule has 0 bridgehead atoms. The van der Waals surface area contributed by atoms with Crippen LogP contribution < -0.4 is 10.0 Å². The molecule has 0 fully saturated rings. The predicted molar refractivity (Wildman–Crippen MR) is 88.4 cm³/mol. The Balaban J connectivity index is 2.37. The van der Waals surface area contributed by atoms with Crippen molar-refractivity contribution in [2.45, 2.75) is 32.2 Å². The molecule has 0 aliphatic carbocycles. The highest BCUT2D eigenvalue weighted by Crippen LogP contribution is 2.24. The molecule has 0 saturated heterocycles. The number of sulfonamides is 1. The Bertz CT molecular complexity index is 708. The van der Waals surface area contributed by atoms with Gasteiger partial charge in [0, 0.05) is 11.9 Å². The van der Waals surface area contributed by atoms with Gasteiger partial charge in [0.2, 0.25) is 0 Å². The van der Waals surface area contributed by atoms with Crippen molar-refractivity contribution in [3.05, 3.63) is 45.6 Å². The van der Waals surface area contributed by atoms with Crippen molar-refractivity contribution in [1.82, 2.24) is 5.32 Å². The lowest BCUT2D eigenvalue weighted by atomic mass is 10.1. The summed E-state index contributed by atoms with van der Waals surface area (Å²) >= 11 is 1.46. The highest BCUT2D eigenvalue weighted by Gasteiger charge is 2.18. The third-order valence-electron chi connectivity index (χ3n) is 3.26. The molecule has 0 saturated carbocycles. The fraction of sp³-hybridized carbons (Fsp3) is 0.333. The van der Waals surface area contributed by atoms with Gasteiger partial charge in [-0.15, -0.1) is 0 Å². The standard InChI is InChI=1S/C15H20N2O2S2/c1-4-16-9-13-8-15(12(3)7-11(13)2)21(18,19)17-14-5-6-20-10-14/h5-8,10,16-17H,4,9H2,1-3H3. The maximum atomic E-state index is 12.5. The minimum Gasteiger partial charge on any atom is -0.313 e. The van der Waals surface area contributed by atoms with Crippen LogP contribution in [0.5, 0.6) is 0 Å². The van der Waals surface area contributed by atoms with Crippen LogP contribution in [0.1, 0.15) is 23.6 Å². The maximum absolute atomic E-state index is 12.5. The fourth-order valence-electron chi connectivity index (χ4n) is 2.15. The van der Waals surface area contributed by atoms with E-state index in [1.807, 2.05) is 32.2 Å². The minimum absolute atomic E-state index is 0.340. The van der Waals surface area contributed by atoms with Crippen LogP contribution in [0, 0.1) is 13.8 Å². The number of hydrogen-bond donors (Lipinski definition) is 2. The van der Waals surface area contributed by atoms with Gasteiger partial charge in [0.15, 0.2) is 0 Å². The topological polar surface area (TPSA) is 58.2 Å². The fourth-order valence-corrected chi connectivity index (χ4v) is 4.14. The molecule has 1 aromatic carbocycles. The largest absolute Gasteiger partial charge is 0.313 e. The number of rotatable bonds is 6. The Morgan fingerprint density at radius 2 is 1.95 bits per heavy atom. The van der Waals surface area contributed by atoms with Crippen molar-refractivity contribution in [1.29, 1.82) is 0 Å². The monoisotopic (exact) mass is 324 g/mol. The Labute approximate surface area is 130 Å². The molecule has 1 aromatic heterocycles.